The van der Waals surface area contributed by atoms with E-state index in [2.05, 4.69) is 14.7 Å². The summed E-state index contributed by atoms with van der Waals surface area (Å²) >= 11 is 0. The van der Waals surface area contributed by atoms with Crippen LogP contribution in [0.4, 0.5) is 17.6 Å². The lowest BCUT2D eigenvalue weighted by Crippen LogP contribution is -2.28. The highest BCUT2D eigenvalue weighted by Gasteiger charge is 2.32. The van der Waals surface area contributed by atoms with Crippen LogP contribution in [0, 0.1) is 29.2 Å². The summed E-state index contributed by atoms with van der Waals surface area (Å²) in [5.74, 6) is -5.21. The highest BCUT2D eigenvalue weighted by Crippen LogP contribution is 2.41. The van der Waals surface area contributed by atoms with Gasteiger partial charge >= 0.3 is 5.97 Å². The molecule has 222 valence electrons. The first-order chi connectivity index (χ1) is 20.2. The Kier molecular flexibility index (Phi) is 8.51. The van der Waals surface area contributed by atoms with Crippen molar-refractivity contribution in [3.63, 3.8) is 0 Å². The van der Waals surface area contributed by atoms with E-state index in [9.17, 15) is 22.4 Å². The van der Waals surface area contributed by atoms with Gasteiger partial charge in [-0.2, -0.15) is 4.98 Å². The number of carbonyl (C=O) groups is 1. The molecule has 5 rings (SSSR count). The van der Waals surface area contributed by atoms with Crippen molar-refractivity contribution in [3.05, 3.63) is 65.2 Å². The van der Waals surface area contributed by atoms with Gasteiger partial charge in [0.05, 0.1) is 49.5 Å². The molecule has 2 heterocycles. The first-order valence-corrected chi connectivity index (χ1v) is 13.4. The third kappa shape index (κ3) is 5.57. The van der Waals surface area contributed by atoms with Gasteiger partial charge in [-0.1, -0.05) is 19.3 Å². The molecule has 12 heteroatoms. The molecule has 1 atom stereocenters. The van der Waals surface area contributed by atoms with Crippen LogP contribution in [0.3, 0.4) is 0 Å². The highest BCUT2D eigenvalue weighted by atomic mass is 19.2. The second-order valence-corrected chi connectivity index (χ2v) is 10.0. The van der Waals surface area contributed by atoms with Crippen LogP contribution in [0.15, 0.2) is 36.4 Å². The number of aromatic nitrogens is 3. The predicted octanol–water partition coefficient (Wildman–Crippen LogP) is 6.66. The van der Waals surface area contributed by atoms with Crippen LogP contribution in [0.5, 0.6) is 17.5 Å². The zero-order valence-electron chi connectivity index (χ0n) is 23.3. The molecule has 1 fully saturated rings. The Balaban J connectivity index is 1.66. The van der Waals surface area contributed by atoms with E-state index in [1.807, 2.05) is 0 Å². The van der Waals surface area contributed by atoms with Crippen molar-refractivity contribution >= 4 is 17.0 Å². The molecule has 0 saturated heterocycles. The molecule has 0 radical (unpaired) electrons. The van der Waals surface area contributed by atoms with Gasteiger partial charge in [0.1, 0.15) is 12.4 Å². The number of nitrogens with zero attached hydrogens (tertiary/aromatic N) is 3. The van der Waals surface area contributed by atoms with Crippen LogP contribution in [-0.4, -0.2) is 48.4 Å². The Morgan fingerprint density at radius 1 is 0.905 bits per heavy atom. The summed E-state index contributed by atoms with van der Waals surface area (Å²) in [4.78, 5) is 20.8. The summed E-state index contributed by atoms with van der Waals surface area (Å²) in [6, 6.07) is 6.38. The largest absolute Gasteiger partial charge is 0.485 e. The monoisotopic (exact) mass is 587 g/mol. The molecular weight excluding hydrogens is 558 g/mol. The fourth-order valence-electron chi connectivity index (χ4n) is 5.52. The first kappa shape index (κ1) is 29.2. The van der Waals surface area contributed by atoms with Gasteiger partial charge in [-0.15, -0.1) is 0 Å². The third-order valence-corrected chi connectivity index (χ3v) is 7.55. The van der Waals surface area contributed by atoms with Gasteiger partial charge in [-0.3, -0.25) is 0 Å². The molecule has 0 spiro atoms. The van der Waals surface area contributed by atoms with Crippen molar-refractivity contribution in [2.24, 2.45) is 5.92 Å². The quantitative estimate of drug-likeness (QED) is 0.160. The second-order valence-electron chi connectivity index (χ2n) is 10.0. The lowest BCUT2D eigenvalue weighted by Gasteiger charge is -2.33. The van der Waals surface area contributed by atoms with Crippen LogP contribution in [0.2, 0.25) is 0 Å². The molecule has 0 N–H and O–H groups in total. The number of methoxy groups -OCH3 is 3. The normalized spacial score (nSPS) is 14.5. The van der Waals surface area contributed by atoms with Gasteiger partial charge in [0.2, 0.25) is 11.8 Å². The van der Waals surface area contributed by atoms with E-state index < -0.39 is 41.0 Å². The number of hydrogen-bond donors (Lipinski definition) is 0. The van der Waals surface area contributed by atoms with Gasteiger partial charge in [0.25, 0.3) is 0 Å². The number of pyridine rings is 1. The molecular formula is C30H29F4N3O5. The minimum atomic E-state index is -1.08. The van der Waals surface area contributed by atoms with Gasteiger partial charge < -0.3 is 23.5 Å². The van der Waals surface area contributed by atoms with Crippen LogP contribution in [-0.2, 0) is 4.74 Å². The number of esters is 1. The van der Waals surface area contributed by atoms with E-state index in [-0.39, 0.29) is 46.7 Å². The van der Waals surface area contributed by atoms with Crippen LogP contribution in [0.1, 0.15) is 48.5 Å². The van der Waals surface area contributed by atoms with Gasteiger partial charge in [-0.05, 0) is 37.0 Å². The number of fused-ring (bicyclic) bond motifs is 1. The Hall–Kier alpha value is -4.35. The smallest absolute Gasteiger partial charge is 0.338 e. The lowest BCUT2D eigenvalue weighted by molar-refractivity contribution is 0.0599. The summed E-state index contributed by atoms with van der Waals surface area (Å²) in [7, 11) is 3.98. The topological polar surface area (TPSA) is 84.7 Å². The predicted molar refractivity (Wildman–Crippen MR) is 145 cm³/mol. The molecule has 42 heavy (non-hydrogen) atoms. The standard InChI is InChI=1S/C30H29F4N3O5/c1-39-26-10-9-18(29(36-26)40-2)28-35-23-13-19(31)20(32)14-24(23)37(28)25(16-7-5-4-6-8-16)15-42-27-21(33)11-17(12-22(27)34)30(38)41-3/h9-14,16,25H,4-8,15H2,1-3H3. The molecule has 8 nitrogen and oxygen atoms in total. The summed E-state index contributed by atoms with van der Waals surface area (Å²) in [5, 5.41) is 0. The van der Waals surface area contributed by atoms with E-state index in [0.717, 1.165) is 63.5 Å². The number of imidazole rings is 1. The van der Waals surface area contributed by atoms with Crippen molar-refractivity contribution in [1.29, 1.82) is 0 Å². The molecule has 0 bridgehead atoms. The van der Waals surface area contributed by atoms with E-state index in [4.69, 9.17) is 14.2 Å². The number of rotatable bonds is 9. The second kappa shape index (κ2) is 12.3. The van der Waals surface area contributed by atoms with Crippen LogP contribution >= 0.6 is 0 Å². The fraction of sp³-hybridized carbons (Fsp3) is 0.367. The van der Waals surface area contributed by atoms with E-state index in [1.165, 1.54) is 14.2 Å². The molecule has 1 saturated carbocycles. The van der Waals surface area contributed by atoms with Crippen molar-refractivity contribution < 1.29 is 41.3 Å². The highest BCUT2D eigenvalue weighted by molar-refractivity contribution is 5.89. The molecule has 4 aromatic rings. The molecule has 2 aromatic heterocycles. The van der Waals surface area contributed by atoms with Crippen molar-refractivity contribution in [1.82, 2.24) is 14.5 Å². The third-order valence-electron chi connectivity index (χ3n) is 7.55. The van der Waals surface area contributed by atoms with Crippen LogP contribution in [0.25, 0.3) is 22.4 Å². The van der Waals surface area contributed by atoms with Gasteiger partial charge in [-0.25, -0.2) is 27.3 Å². The molecule has 0 aliphatic heterocycles. The maximum Gasteiger partial charge on any atom is 0.338 e. The average molecular weight is 588 g/mol. The molecule has 1 unspecified atom stereocenters. The first-order valence-electron chi connectivity index (χ1n) is 13.4. The number of benzene rings is 2. The van der Waals surface area contributed by atoms with Gasteiger partial charge in [0, 0.05) is 18.2 Å². The van der Waals surface area contributed by atoms with E-state index >= 15 is 0 Å². The van der Waals surface area contributed by atoms with Crippen LogP contribution < -0.4 is 14.2 Å². The van der Waals surface area contributed by atoms with Crippen molar-refractivity contribution in [3.8, 4) is 28.9 Å². The Bertz CT molecular complexity index is 1600. The summed E-state index contributed by atoms with van der Waals surface area (Å²) in [5.41, 5.74) is 0.546. The molecule has 0 amide bonds. The Morgan fingerprint density at radius 3 is 2.24 bits per heavy atom. The number of ether oxygens (including phenoxy) is 4. The lowest BCUT2D eigenvalue weighted by atomic mass is 9.83. The molecule has 1 aliphatic rings. The SMILES string of the molecule is COC(=O)c1cc(F)c(OCC(C2CCCCC2)n2c(-c3ccc(OC)nc3OC)nc3cc(F)c(F)cc32)c(F)c1. The maximum atomic E-state index is 15.0. The zero-order chi connectivity index (χ0) is 30.0. The Labute approximate surface area is 239 Å². The number of hydrogen-bond acceptors (Lipinski definition) is 7. The minimum absolute atomic E-state index is 0.0549. The van der Waals surface area contributed by atoms with E-state index in [1.54, 1.807) is 16.7 Å². The summed E-state index contributed by atoms with van der Waals surface area (Å²) in [6.07, 6.45) is 4.38. The van der Waals surface area contributed by atoms with E-state index in [0.29, 0.717) is 5.56 Å². The minimum Gasteiger partial charge on any atom is -0.485 e. The maximum absolute atomic E-state index is 15.0. The number of carbonyl (C=O) groups excluding carboxylic acids is 1. The summed E-state index contributed by atoms with van der Waals surface area (Å²) < 4.78 is 81.7. The molecule has 1 aliphatic carbocycles. The summed E-state index contributed by atoms with van der Waals surface area (Å²) in [6.45, 7) is -0.237. The fourth-order valence-corrected chi connectivity index (χ4v) is 5.52. The van der Waals surface area contributed by atoms with Crippen molar-refractivity contribution in [2.75, 3.05) is 27.9 Å². The zero-order valence-corrected chi connectivity index (χ0v) is 23.3. The molecule has 2 aromatic carbocycles. The Morgan fingerprint density at radius 2 is 1.60 bits per heavy atom. The number of halogens is 4. The van der Waals surface area contributed by atoms with Crippen molar-refractivity contribution in [2.45, 2.75) is 38.1 Å². The van der Waals surface area contributed by atoms with Gasteiger partial charge in [0.15, 0.2) is 29.0 Å². The average Bonchev–Trinajstić information content (AvgIpc) is 3.35.